The summed E-state index contributed by atoms with van der Waals surface area (Å²) < 4.78 is 18.9. The quantitative estimate of drug-likeness (QED) is 0.868. The summed E-state index contributed by atoms with van der Waals surface area (Å²) in [6, 6.07) is 5.32. The van der Waals surface area contributed by atoms with E-state index in [1.54, 1.807) is 12.1 Å². The molecule has 3 heteroatoms. The molecule has 0 bridgehead atoms. The third kappa shape index (κ3) is 3.02. The summed E-state index contributed by atoms with van der Waals surface area (Å²) in [6.45, 7) is 4.45. The molecular weight excluding hydrogens is 229 g/mol. The molecule has 2 unspecified atom stereocenters. The first kappa shape index (κ1) is 13.3. The summed E-state index contributed by atoms with van der Waals surface area (Å²) in [6.07, 6.45) is 3.15. The van der Waals surface area contributed by atoms with Crippen LogP contribution in [0.5, 0.6) is 5.75 Å². The van der Waals surface area contributed by atoms with Gasteiger partial charge in [-0.2, -0.15) is 0 Å². The number of fused-ring (bicyclic) bond motifs is 1. The second-order valence-corrected chi connectivity index (χ2v) is 5.41. The largest absolute Gasteiger partial charge is 0.490 e. The summed E-state index contributed by atoms with van der Waals surface area (Å²) in [7, 11) is 2.00. The van der Waals surface area contributed by atoms with Gasteiger partial charge in [-0.25, -0.2) is 4.39 Å². The summed E-state index contributed by atoms with van der Waals surface area (Å²) in [5.41, 5.74) is 1.01. The van der Waals surface area contributed by atoms with Gasteiger partial charge in [0, 0.05) is 18.0 Å². The lowest BCUT2D eigenvalue weighted by Gasteiger charge is -2.21. The highest BCUT2D eigenvalue weighted by atomic mass is 19.1. The Hall–Kier alpha value is -1.09. The molecule has 0 aliphatic carbocycles. The molecule has 1 aliphatic heterocycles. The van der Waals surface area contributed by atoms with Crippen molar-refractivity contribution in [3.05, 3.63) is 29.6 Å². The van der Waals surface area contributed by atoms with Gasteiger partial charge in [0.05, 0.1) is 0 Å². The highest BCUT2D eigenvalue weighted by Crippen LogP contribution is 2.31. The Morgan fingerprint density at radius 1 is 1.44 bits per heavy atom. The summed E-state index contributed by atoms with van der Waals surface area (Å²) >= 11 is 0. The van der Waals surface area contributed by atoms with E-state index in [9.17, 15) is 4.39 Å². The second kappa shape index (κ2) is 5.70. The Kier molecular flexibility index (Phi) is 4.23. The molecule has 1 heterocycles. The molecule has 1 aliphatic rings. The number of rotatable bonds is 5. The third-order valence-corrected chi connectivity index (χ3v) is 3.74. The molecule has 1 aromatic carbocycles. The minimum Gasteiger partial charge on any atom is -0.490 e. The lowest BCUT2D eigenvalue weighted by Crippen LogP contribution is -2.32. The molecule has 100 valence electrons. The first-order chi connectivity index (χ1) is 8.60. The van der Waals surface area contributed by atoms with Crippen LogP contribution in [0, 0.1) is 11.7 Å². The SMILES string of the molecule is CNC(CCC1Cc2cc(F)ccc2O1)C(C)C. The van der Waals surface area contributed by atoms with Crippen molar-refractivity contribution in [1.29, 1.82) is 0 Å². The molecule has 0 saturated heterocycles. The first-order valence-electron chi connectivity index (χ1n) is 6.72. The van der Waals surface area contributed by atoms with E-state index in [0.717, 1.165) is 30.6 Å². The topological polar surface area (TPSA) is 21.3 Å². The lowest BCUT2D eigenvalue weighted by atomic mass is 9.96. The molecule has 2 rings (SSSR count). The van der Waals surface area contributed by atoms with Crippen LogP contribution in [0.3, 0.4) is 0 Å². The van der Waals surface area contributed by atoms with Crippen LogP contribution in [-0.4, -0.2) is 19.2 Å². The van der Waals surface area contributed by atoms with Crippen LogP contribution >= 0.6 is 0 Å². The van der Waals surface area contributed by atoms with Crippen molar-refractivity contribution in [3.8, 4) is 5.75 Å². The highest BCUT2D eigenvalue weighted by molar-refractivity contribution is 5.37. The minimum atomic E-state index is -0.173. The zero-order valence-corrected chi connectivity index (χ0v) is 11.4. The van der Waals surface area contributed by atoms with Crippen LogP contribution in [-0.2, 0) is 6.42 Å². The van der Waals surface area contributed by atoms with Crippen molar-refractivity contribution in [3.63, 3.8) is 0 Å². The molecular formula is C15H22FNO. The van der Waals surface area contributed by atoms with Crippen LogP contribution in [0.1, 0.15) is 32.3 Å². The maximum atomic E-state index is 13.1. The van der Waals surface area contributed by atoms with Crippen molar-refractivity contribution in [2.75, 3.05) is 7.05 Å². The van der Waals surface area contributed by atoms with Crippen molar-refractivity contribution in [1.82, 2.24) is 5.32 Å². The Morgan fingerprint density at radius 3 is 2.89 bits per heavy atom. The van der Waals surface area contributed by atoms with E-state index in [1.165, 1.54) is 6.07 Å². The lowest BCUT2D eigenvalue weighted by molar-refractivity contribution is 0.206. The first-order valence-corrected chi connectivity index (χ1v) is 6.72. The van der Waals surface area contributed by atoms with Gasteiger partial charge < -0.3 is 10.1 Å². The van der Waals surface area contributed by atoms with Crippen molar-refractivity contribution in [2.45, 2.75) is 45.3 Å². The molecule has 1 N–H and O–H groups in total. The standard InChI is InChI=1S/C15H22FNO/c1-10(2)14(17-3)6-5-13-9-11-8-12(16)4-7-15(11)18-13/h4,7-8,10,13-14,17H,5-6,9H2,1-3H3. The van der Waals surface area contributed by atoms with E-state index in [-0.39, 0.29) is 11.9 Å². The summed E-state index contributed by atoms with van der Waals surface area (Å²) in [4.78, 5) is 0. The molecule has 0 amide bonds. The summed E-state index contributed by atoms with van der Waals surface area (Å²) in [5.74, 6) is 1.30. The average molecular weight is 251 g/mol. The fourth-order valence-corrected chi connectivity index (χ4v) is 2.63. The number of hydrogen-bond donors (Lipinski definition) is 1. The smallest absolute Gasteiger partial charge is 0.123 e. The average Bonchev–Trinajstić information content (AvgIpc) is 2.71. The van der Waals surface area contributed by atoms with E-state index >= 15 is 0 Å². The Balaban J connectivity index is 1.88. The van der Waals surface area contributed by atoms with E-state index in [0.29, 0.717) is 12.0 Å². The molecule has 0 fully saturated rings. The van der Waals surface area contributed by atoms with Crippen LogP contribution < -0.4 is 10.1 Å². The monoisotopic (exact) mass is 251 g/mol. The van der Waals surface area contributed by atoms with E-state index in [1.807, 2.05) is 7.05 Å². The molecule has 2 atom stereocenters. The molecule has 0 aromatic heterocycles. The fourth-order valence-electron chi connectivity index (χ4n) is 2.63. The molecule has 0 saturated carbocycles. The zero-order valence-electron chi connectivity index (χ0n) is 11.4. The van der Waals surface area contributed by atoms with Crippen LogP contribution in [0.15, 0.2) is 18.2 Å². The fraction of sp³-hybridized carbons (Fsp3) is 0.600. The predicted octanol–water partition coefficient (Wildman–Crippen LogP) is 3.15. The Morgan fingerprint density at radius 2 is 2.22 bits per heavy atom. The molecule has 2 nitrogen and oxygen atoms in total. The van der Waals surface area contributed by atoms with Gasteiger partial charge in [-0.05, 0) is 44.0 Å². The van der Waals surface area contributed by atoms with Crippen LogP contribution in [0.2, 0.25) is 0 Å². The van der Waals surface area contributed by atoms with Crippen molar-refractivity contribution >= 4 is 0 Å². The van der Waals surface area contributed by atoms with Gasteiger partial charge in [0.1, 0.15) is 17.7 Å². The van der Waals surface area contributed by atoms with Crippen molar-refractivity contribution < 1.29 is 9.13 Å². The molecule has 0 radical (unpaired) electrons. The molecule has 0 spiro atoms. The van der Waals surface area contributed by atoms with Gasteiger partial charge in [0.15, 0.2) is 0 Å². The number of benzene rings is 1. The highest BCUT2D eigenvalue weighted by Gasteiger charge is 2.24. The number of ether oxygens (including phenoxy) is 1. The van der Waals surface area contributed by atoms with Crippen LogP contribution in [0.4, 0.5) is 4.39 Å². The van der Waals surface area contributed by atoms with Gasteiger partial charge in [-0.3, -0.25) is 0 Å². The van der Waals surface area contributed by atoms with Crippen molar-refractivity contribution in [2.24, 2.45) is 5.92 Å². The van der Waals surface area contributed by atoms with Gasteiger partial charge >= 0.3 is 0 Å². The van der Waals surface area contributed by atoms with E-state index in [2.05, 4.69) is 19.2 Å². The zero-order chi connectivity index (χ0) is 13.1. The number of hydrogen-bond acceptors (Lipinski definition) is 2. The van der Waals surface area contributed by atoms with E-state index in [4.69, 9.17) is 4.74 Å². The second-order valence-electron chi connectivity index (χ2n) is 5.41. The minimum absolute atomic E-state index is 0.173. The van der Waals surface area contributed by atoms with E-state index < -0.39 is 0 Å². The van der Waals surface area contributed by atoms with Gasteiger partial charge in [0.25, 0.3) is 0 Å². The predicted molar refractivity (Wildman–Crippen MR) is 71.4 cm³/mol. The summed E-state index contributed by atoms with van der Waals surface area (Å²) in [5, 5.41) is 3.34. The number of nitrogens with one attached hydrogen (secondary N) is 1. The number of halogens is 1. The van der Waals surface area contributed by atoms with Crippen LogP contribution in [0.25, 0.3) is 0 Å². The maximum absolute atomic E-state index is 13.1. The Bertz CT molecular complexity index is 405. The van der Waals surface area contributed by atoms with Gasteiger partial charge in [-0.1, -0.05) is 13.8 Å². The normalized spacial score (nSPS) is 19.7. The molecule has 1 aromatic rings. The molecule has 18 heavy (non-hydrogen) atoms. The Labute approximate surface area is 109 Å². The maximum Gasteiger partial charge on any atom is 0.123 e. The van der Waals surface area contributed by atoms with Gasteiger partial charge in [0.2, 0.25) is 0 Å². The third-order valence-electron chi connectivity index (χ3n) is 3.74. The van der Waals surface area contributed by atoms with Gasteiger partial charge in [-0.15, -0.1) is 0 Å².